The summed E-state index contributed by atoms with van der Waals surface area (Å²) in [5.74, 6) is 0.821. The van der Waals surface area contributed by atoms with Crippen molar-refractivity contribution in [3.8, 4) is 5.75 Å². The summed E-state index contributed by atoms with van der Waals surface area (Å²) in [6.45, 7) is 6.24. The van der Waals surface area contributed by atoms with E-state index < -0.39 is 0 Å². The van der Waals surface area contributed by atoms with Gasteiger partial charge in [-0.25, -0.2) is 4.79 Å². The third-order valence-corrected chi connectivity index (χ3v) is 4.22. The molecule has 1 heterocycles. The van der Waals surface area contributed by atoms with E-state index in [-0.39, 0.29) is 11.9 Å². The summed E-state index contributed by atoms with van der Waals surface area (Å²) < 4.78 is 5.29. The number of methoxy groups -OCH3 is 1. The van der Waals surface area contributed by atoms with Crippen LogP contribution in [0.4, 0.5) is 4.79 Å². The van der Waals surface area contributed by atoms with E-state index in [9.17, 15) is 9.59 Å². The van der Waals surface area contributed by atoms with E-state index in [2.05, 4.69) is 15.5 Å². The van der Waals surface area contributed by atoms with Crippen molar-refractivity contribution in [2.24, 2.45) is 0 Å². The molecule has 1 aromatic rings. The number of ether oxygens (including phenoxy) is 1. The minimum absolute atomic E-state index is 0.0518. The first-order valence-corrected chi connectivity index (χ1v) is 8.77. The second kappa shape index (κ2) is 9.88. The molecule has 7 heteroatoms. The molecule has 0 unspecified atom stereocenters. The summed E-state index contributed by atoms with van der Waals surface area (Å²) in [6.07, 6.45) is 0.936. The zero-order valence-corrected chi connectivity index (χ0v) is 15.1. The summed E-state index contributed by atoms with van der Waals surface area (Å²) >= 11 is 0. The van der Waals surface area contributed by atoms with Gasteiger partial charge in [0.2, 0.25) is 5.91 Å². The predicted octanol–water partition coefficient (Wildman–Crippen LogP) is 1.05. The van der Waals surface area contributed by atoms with Crippen LogP contribution < -0.4 is 15.4 Å². The van der Waals surface area contributed by atoms with E-state index in [0.717, 1.165) is 17.7 Å². The van der Waals surface area contributed by atoms with Gasteiger partial charge in [-0.05, 0) is 12.5 Å². The monoisotopic (exact) mass is 348 g/mol. The molecular formula is C18H28N4O3. The highest BCUT2D eigenvalue weighted by Crippen LogP contribution is 2.16. The standard InChI is InChI=1S/C18H28N4O3/c1-3-8-19-17(23)14-21-9-11-22(12-10-21)18(24)20-13-15-6-4-5-7-16(15)25-2/h4-7H,3,8-14H2,1-2H3,(H,19,23)(H,20,24). The van der Waals surface area contributed by atoms with Crippen molar-refractivity contribution in [1.82, 2.24) is 20.4 Å². The molecule has 0 spiro atoms. The molecule has 3 amide bonds. The lowest BCUT2D eigenvalue weighted by atomic mass is 10.2. The maximum atomic E-state index is 12.3. The van der Waals surface area contributed by atoms with Gasteiger partial charge in [-0.3, -0.25) is 9.69 Å². The molecule has 0 atom stereocenters. The van der Waals surface area contributed by atoms with Crippen molar-refractivity contribution >= 4 is 11.9 Å². The molecular weight excluding hydrogens is 320 g/mol. The lowest BCUT2D eigenvalue weighted by Crippen LogP contribution is -2.53. The number of piperazine rings is 1. The fourth-order valence-electron chi connectivity index (χ4n) is 2.76. The maximum absolute atomic E-state index is 12.3. The number of benzene rings is 1. The molecule has 0 saturated carbocycles. The van der Waals surface area contributed by atoms with Gasteiger partial charge in [0.15, 0.2) is 0 Å². The number of urea groups is 1. The van der Waals surface area contributed by atoms with Crippen LogP contribution in [0.5, 0.6) is 5.75 Å². The molecule has 0 radical (unpaired) electrons. The second-order valence-electron chi connectivity index (χ2n) is 6.08. The normalized spacial score (nSPS) is 14.9. The summed E-state index contributed by atoms with van der Waals surface area (Å²) in [6, 6.07) is 7.56. The minimum atomic E-state index is -0.0824. The fourth-order valence-corrected chi connectivity index (χ4v) is 2.76. The number of carbonyl (C=O) groups is 2. The van der Waals surface area contributed by atoms with Crippen LogP contribution in [0.15, 0.2) is 24.3 Å². The number of nitrogens with one attached hydrogen (secondary N) is 2. The Hall–Kier alpha value is -2.28. The number of carbonyl (C=O) groups excluding carboxylic acids is 2. The number of rotatable bonds is 7. The van der Waals surface area contributed by atoms with Gasteiger partial charge in [-0.1, -0.05) is 25.1 Å². The van der Waals surface area contributed by atoms with E-state index in [4.69, 9.17) is 4.74 Å². The molecule has 1 aliphatic rings. The zero-order valence-electron chi connectivity index (χ0n) is 15.1. The number of amides is 3. The second-order valence-corrected chi connectivity index (χ2v) is 6.08. The molecule has 2 N–H and O–H groups in total. The lowest BCUT2D eigenvalue weighted by Gasteiger charge is -2.34. The quantitative estimate of drug-likeness (QED) is 0.772. The van der Waals surface area contributed by atoms with Crippen LogP contribution in [0.3, 0.4) is 0 Å². The van der Waals surface area contributed by atoms with Gasteiger partial charge < -0.3 is 20.3 Å². The molecule has 1 saturated heterocycles. The fraction of sp³-hybridized carbons (Fsp3) is 0.556. The SMILES string of the molecule is CCCNC(=O)CN1CCN(C(=O)NCc2ccccc2OC)CC1. The van der Waals surface area contributed by atoms with Crippen molar-refractivity contribution in [2.45, 2.75) is 19.9 Å². The number of nitrogens with zero attached hydrogens (tertiary/aromatic N) is 2. The van der Waals surface area contributed by atoms with Crippen LogP contribution in [0, 0.1) is 0 Å². The summed E-state index contributed by atoms with van der Waals surface area (Å²) in [4.78, 5) is 27.9. The molecule has 0 aromatic heterocycles. The van der Waals surface area contributed by atoms with Crippen molar-refractivity contribution in [1.29, 1.82) is 0 Å². The van der Waals surface area contributed by atoms with Crippen molar-refractivity contribution in [3.63, 3.8) is 0 Å². The third kappa shape index (κ3) is 5.94. The summed E-state index contributed by atoms with van der Waals surface area (Å²) in [5.41, 5.74) is 0.949. The summed E-state index contributed by atoms with van der Waals surface area (Å²) in [5, 5.41) is 5.81. The molecule has 1 aromatic carbocycles. The van der Waals surface area contributed by atoms with Gasteiger partial charge in [0.25, 0.3) is 0 Å². The van der Waals surface area contributed by atoms with Crippen molar-refractivity contribution in [3.05, 3.63) is 29.8 Å². The van der Waals surface area contributed by atoms with Gasteiger partial charge >= 0.3 is 6.03 Å². The van der Waals surface area contributed by atoms with Crippen LogP contribution in [-0.4, -0.2) is 68.1 Å². The molecule has 138 valence electrons. The molecule has 25 heavy (non-hydrogen) atoms. The van der Waals surface area contributed by atoms with E-state index in [1.807, 2.05) is 31.2 Å². The van der Waals surface area contributed by atoms with Gasteiger partial charge in [-0.2, -0.15) is 0 Å². The predicted molar refractivity (Wildman–Crippen MR) is 96.5 cm³/mol. The highest BCUT2D eigenvalue weighted by atomic mass is 16.5. The Labute approximate surface area is 149 Å². The van der Waals surface area contributed by atoms with Gasteiger partial charge in [0.05, 0.1) is 13.7 Å². The maximum Gasteiger partial charge on any atom is 0.317 e. The topological polar surface area (TPSA) is 73.9 Å². The Balaban J connectivity index is 1.73. The van der Waals surface area contributed by atoms with E-state index >= 15 is 0 Å². The van der Waals surface area contributed by atoms with Gasteiger partial charge in [0.1, 0.15) is 5.75 Å². The van der Waals surface area contributed by atoms with Crippen molar-refractivity contribution < 1.29 is 14.3 Å². The minimum Gasteiger partial charge on any atom is -0.496 e. The van der Waals surface area contributed by atoms with Crippen LogP contribution in [0.1, 0.15) is 18.9 Å². The highest BCUT2D eigenvalue weighted by Gasteiger charge is 2.22. The van der Waals surface area contributed by atoms with E-state index in [0.29, 0.717) is 45.8 Å². The number of para-hydroxylation sites is 1. The lowest BCUT2D eigenvalue weighted by molar-refractivity contribution is -0.122. The number of hydrogen-bond donors (Lipinski definition) is 2. The Morgan fingerprint density at radius 2 is 1.84 bits per heavy atom. The van der Waals surface area contributed by atoms with Crippen molar-refractivity contribution in [2.75, 3.05) is 46.4 Å². The Bertz CT molecular complexity index is 571. The molecule has 7 nitrogen and oxygen atoms in total. The highest BCUT2D eigenvalue weighted by molar-refractivity contribution is 5.78. The van der Waals surface area contributed by atoms with Crippen LogP contribution in [-0.2, 0) is 11.3 Å². The number of hydrogen-bond acceptors (Lipinski definition) is 4. The Morgan fingerprint density at radius 1 is 1.12 bits per heavy atom. The molecule has 1 aliphatic heterocycles. The first-order valence-electron chi connectivity index (χ1n) is 8.77. The largest absolute Gasteiger partial charge is 0.496 e. The van der Waals surface area contributed by atoms with E-state index in [1.165, 1.54) is 0 Å². The Morgan fingerprint density at radius 3 is 2.52 bits per heavy atom. The smallest absolute Gasteiger partial charge is 0.317 e. The molecule has 2 rings (SSSR count). The van der Waals surface area contributed by atoms with Gasteiger partial charge in [-0.15, -0.1) is 0 Å². The van der Waals surface area contributed by atoms with E-state index in [1.54, 1.807) is 12.0 Å². The van der Waals surface area contributed by atoms with Gasteiger partial charge in [0, 0.05) is 44.8 Å². The first-order chi connectivity index (χ1) is 12.1. The average Bonchev–Trinajstić information content (AvgIpc) is 2.65. The average molecular weight is 348 g/mol. The zero-order chi connectivity index (χ0) is 18.1. The van der Waals surface area contributed by atoms with Crippen LogP contribution >= 0.6 is 0 Å². The first kappa shape index (κ1) is 19.1. The molecule has 1 fully saturated rings. The van der Waals surface area contributed by atoms with Crippen LogP contribution in [0.2, 0.25) is 0 Å². The third-order valence-electron chi connectivity index (χ3n) is 4.22. The molecule has 0 aliphatic carbocycles. The Kier molecular flexibility index (Phi) is 7.53. The summed E-state index contributed by atoms with van der Waals surface area (Å²) in [7, 11) is 1.62. The molecule has 0 bridgehead atoms. The van der Waals surface area contributed by atoms with Crippen LogP contribution in [0.25, 0.3) is 0 Å².